The zero-order valence-corrected chi connectivity index (χ0v) is 17.2. The second-order valence-corrected chi connectivity index (χ2v) is 7.54. The van der Waals surface area contributed by atoms with Crippen LogP contribution in [0.2, 0.25) is 5.02 Å². The van der Waals surface area contributed by atoms with E-state index in [1.165, 1.54) is 6.33 Å². The first-order valence-electron chi connectivity index (χ1n) is 9.78. The summed E-state index contributed by atoms with van der Waals surface area (Å²) in [7, 11) is 0. The number of anilines is 3. The van der Waals surface area contributed by atoms with E-state index in [0.717, 1.165) is 28.0 Å². The predicted molar refractivity (Wildman–Crippen MR) is 120 cm³/mol. The lowest BCUT2D eigenvalue weighted by atomic mass is 10.1. The van der Waals surface area contributed by atoms with E-state index in [-0.39, 0.29) is 12.3 Å². The van der Waals surface area contributed by atoms with Crippen LogP contribution in [0.1, 0.15) is 5.56 Å². The third-order valence-electron chi connectivity index (χ3n) is 5.08. The van der Waals surface area contributed by atoms with Gasteiger partial charge in [-0.15, -0.1) is 0 Å². The lowest BCUT2D eigenvalue weighted by Crippen LogP contribution is -2.10. The summed E-state index contributed by atoms with van der Waals surface area (Å²) in [6.07, 6.45) is 3.75. The van der Waals surface area contributed by atoms with Crippen LogP contribution in [0.15, 0.2) is 55.0 Å². The topological polar surface area (TPSA) is 107 Å². The number of carbonyl (C=O) groups excluding carboxylic acids is 1. The molecule has 0 unspecified atom stereocenters. The number of fused-ring (bicyclic) bond motifs is 2. The van der Waals surface area contributed by atoms with Crippen molar-refractivity contribution in [3.05, 3.63) is 65.6 Å². The summed E-state index contributed by atoms with van der Waals surface area (Å²) < 4.78 is 8.03. The van der Waals surface area contributed by atoms with Crippen molar-refractivity contribution in [2.45, 2.75) is 13.0 Å². The van der Waals surface area contributed by atoms with Crippen LogP contribution in [-0.2, 0) is 17.8 Å². The highest BCUT2D eigenvalue weighted by Crippen LogP contribution is 2.38. The Morgan fingerprint density at radius 2 is 2.10 bits per heavy atom. The second kappa shape index (κ2) is 7.90. The maximum Gasteiger partial charge on any atom is 0.229 e. The largest absolute Gasteiger partial charge is 0.455 e. The molecule has 0 saturated carbocycles. The highest BCUT2D eigenvalue weighted by atomic mass is 35.5. The number of aromatic nitrogens is 3. The third kappa shape index (κ3) is 3.67. The molecular weight excluding hydrogens is 416 g/mol. The molecule has 0 spiro atoms. The Kier molecular flexibility index (Phi) is 4.93. The average Bonchev–Trinajstić information content (AvgIpc) is 3.34. The summed E-state index contributed by atoms with van der Waals surface area (Å²) in [5.74, 6) is 1.72. The number of halogens is 1. The molecule has 0 aliphatic carbocycles. The first-order valence-corrected chi connectivity index (χ1v) is 10.2. The lowest BCUT2D eigenvalue weighted by Gasteiger charge is -2.13. The van der Waals surface area contributed by atoms with Crippen LogP contribution in [-0.4, -0.2) is 27.0 Å². The van der Waals surface area contributed by atoms with Crippen molar-refractivity contribution >= 4 is 45.7 Å². The van der Waals surface area contributed by atoms with E-state index in [9.17, 15) is 4.79 Å². The van der Waals surface area contributed by atoms with Gasteiger partial charge in [-0.3, -0.25) is 4.79 Å². The predicted octanol–water partition coefficient (Wildman–Crippen LogP) is 4.07. The Hall–Kier alpha value is -3.62. The quantitative estimate of drug-likeness (QED) is 0.422. The van der Waals surface area contributed by atoms with E-state index in [1.54, 1.807) is 12.1 Å². The van der Waals surface area contributed by atoms with Gasteiger partial charge >= 0.3 is 0 Å². The van der Waals surface area contributed by atoms with Crippen molar-refractivity contribution in [1.82, 2.24) is 14.5 Å². The molecule has 2 aromatic heterocycles. The molecule has 156 valence electrons. The molecule has 1 aliphatic heterocycles. The molecule has 3 heterocycles. The van der Waals surface area contributed by atoms with Crippen LogP contribution in [0.25, 0.3) is 11.0 Å². The van der Waals surface area contributed by atoms with Gasteiger partial charge in [0.1, 0.15) is 23.3 Å². The molecule has 0 fully saturated rings. The van der Waals surface area contributed by atoms with Crippen LogP contribution in [0, 0.1) is 0 Å². The molecule has 1 aliphatic rings. The smallest absolute Gasteiger partial charge is 0.229 e. The van der Waals surface area contributed by atoms with Gasteiger partial charge in [0, 0.05) is 36.2 Å². The molecule has 8 nitrogen and oxygen atoms in total. The maximum atomic E-state index is 11.7. The number of rotatable bonds is 6. The number of hydrogen-bond donors (Lipinski definition) is 3. The molecule has 4 N–H and O–H groups in total. The Morgan fingerprint density at radius 3 is 2.94 bits per heavy atom. The molecule has 2 aromatic carbocycles. The fourth-order valence-corrected chi connectivity index (χ4v) is 3.90. The number of nitrogens with one attached hydrogen (secondary N) is 2. The molecule has 0 saturated heterocycles. The van der Waals surface area contributed by atoms with Crippen LogP contribution in [0.5, 0.6) is 11.5 Å². The molecule has 4 aromatic rings. The van der Waals surface area contributed by atoms with Crippen LogP contribution in [0.4, 0.5) is 17.2 Å². The fraction of sp³-hybridized carbons (Fsp3) is 0.136. The van der Waals surface area contributed by atoms with Gasteiger partial charge in [0.15, 0.2) is 5.82 Å². The fourth-order valence-electron chi connectivity index (χ4n) is 3.68. The zero-order chi connectivity index (χ0) is 21.4. The minimum absolute atomic E-state index is 0.0488. The Balaban J connectivity index is 1.41. The summed E-state index contributed by atoms with van der Waals surface area (Å²) in [4.78, 5) is 20.4. The standard InChI is InChI=1S/C22H19ClN6O2/c23-15-10-13(27-22-21-17(25-12-26-22)6-8-29(21)9-7-24)4-5-19(15)31-18-3-1-2-16-14(18)11-20(30)28-16/h1-6,8,10,12H,7,9,11,24H2,(H,28,30)(H,25,26,27). The van der Waals surface area contributed by atoms with E-state index in [0.29, 0.717) is 35.4 Å². The van der Waals surface area contributed by atoms with Gasteiger partial charge in [-0.2, -0.15) is 0 Å². The number of carbonyl (C=O) groups is 1. The van der Waals surface area contributed by atoms with Crippen molar-refractivity contribution < 1.29 is 9.53 Å². The molecule has 1 amide bonds. The first-order chi connectivity index (χ1) is 15.1. The number of nitrogens with two attached hydrogens (primary N) is 1. The van der Waals surface area contributed by atoms with Crippen LogP contribution >= 0.6 is 11.6 Å². The SMILES string of the molecule is NCCn1ccc2ncnc(Nc3ccc(Oc4cccc5c4CC(=O)N5)c(Cl)c3)c21. The van der Waals surface area contributed by atoms with Gasteiger partial charge in [0.25, 0.3) is 0 Å². The first kappa shape index (κ1) is 19.3. The van der Waals surface area contributed by atoms with Gasteiger partial charge in [-0.25, -0.2) is 9.97 Å². The van der Waals surface area contributed by atoms with Crippen molar-refractivity contribution in [1.29, 1.82) is 0 Å². The van der Waals surface area contributed by atoms with Crippen molar-refractivity contribution in [3.8, 4) is 11.5 Å². The summed E-state index contributed by atoms with van der Waals surface area (Å²) >= 11 is 6.50. The summed E-state index contributed by atoms with van der Waals surface area (Å²) in [5.41, 5.74) is 9.78. The number of benzene rings is 2. The van der Waals surface area contributed by atoms with Crippen LogP contribution in [0.3, 0.4) is 0 Å². The van der Waals surface area contributed by atoms with Gasteiger partial charge in [-0.05, 0) is 36.4 Å². The highest BCUT2D eigenvalue weighted by Gasteiger charge is 2.22. The number of nitrogens with zero attached hydrogens (tertiary/aromatic N) is 3. The molecule has 0 atom stereocenters. The minimum atomic E-state index is -0.0488. The number of amides is 1. The average molecular weight is 435 g/mol. The molecular formula is C22H19ClN6O2. The second-order valence-electron chi connectivity index (χ2n) is 7.13. The number of hydrogen-bond acceptors (Lipinski definition) is 6. The summed E-state index contributed by atoms with van der Waals surface area (Å²) in [6.45, 7) is 1.18. The molecule has 9 heteroatoms. The van der Waals surface area contributed by atoms with Gasteiger partial charge in [-0.1, -0.05) is 17.7 Å². The van der Waals surface area contributed by atoms with Crippen molar-refractivity contribution in [2.24, 2.45) is 5.73 Å². The van der Waals surface area contributed by atoms with Gasteiger partial charge < -0.3 is 25.7 Å². The Labute approximate surface area is 183 Å². The molecule has 0 radical (unpaired) electrons. The lowest BCUT2D eigenvalue weighted by molar-refractivity contribution is -0.115. The van der Waals surface area contributed by atoms with Gasteiger partial charge in [0.05, 0.1) is 17.0 Å². The molecule has 0 bridgehead atoms. The van der Waals surface area contributed by atoms with E-state index in [1.807, 2.05) is 41.1 Å². The van der Waals surface area contributed by atoms with Crippen molar-refractivity contribution in [2.75, 3.05) is 17.2 Å². The monoisotopic (exact) mass is 434 g/mol. The highest BCUT2D eigenvalue weighted by molar-refractivity contribution is 6.32. The molecule has 31 heavy (non-hydrogen) atoms. The van der Waals surface area contributed by atoms with E-state index >= 15 is 0 Å². The normalized spacial score (nSPS) is 12.6. The Morgan fingerprint density at radius 1 is 1.19 bits per heavy atom. The van der Waals surface area contributed by atoms with E-state index in [4.69, 9.17) is 22.1 Å². The summed E-state index contributed by atoms with van der Waals surface area (Å²) in [6, 6.07) is 12.9. The zero-order valence-electron chi connectivity index (χ0n) is 16.4. The molecule has 5 rings (SSSR count). The maximum absolute atomic E-state index is 11.7. The van der Waals surface area contributed by atoms with E-state index < -0.39 is 0 Å². The minimum Gasteiger partial charge on any atom is -0.455 e. The third-order valence-corrected chi connectivity index (χ3v) is 5.37. The summed E-state index contributed by atoms with van der Waals surface area (Å²) in [5, 5.41) is 6.55. The Bertz CT molecular complexity index is 1300. The number of ether oxygens (including phenoxy) is 1. The van der Waals surface area contributed by atoms with E-state index in [2.05, 4.69) is 20.6 Å². The van der Waals surface area contributed by atoms with Crippen LogP contribution < -0.4 is 21.1 Å². The van der Waals surface area contributed by atoms with Gasteiger partial charge in [0.2, 0.25) is 5.91 Å². The van der Waals surface area contributed by atoms with Crippen molar-refractivity contribution in [3.63, 3.8) is 0 Å².